The highest BCUT2D eigenvalue weighted by atomic mass is 35.5. The fourth-order valence-corrected chi connectivity index (χ4v) is 4.19. The van der Waals surface area contributed by atoms with Crippen molar-refractivity contribution in [1.82, 2.24) is 10.2 Å². The average molecular weight is 287 g/mol. The van der Waals surface area contributed by atoms with E-state index in [4.69, 9.17) is 0 Å². The smallest absolute Gasteiger partial charge is 0.230 e. The molecule has 2 aliphatic heterocycles. The van der Waals surface area contributed by atoms with E-state index in [-0.39, 0.29) is 17.8 Å². The lowest BCUT2D eigenvalue weighted by Gasteiger charge is -2.42. The molecule has 3 rings (SSSR count). The van der Waals surface area contributed by atoms with Gasteiger partial charge in [-0.15, -0.1) is 12.4 Å². The highest BCUT2D eigenvalue weighted by molar-refractivity contribution is 5.85. The Hall–Kier alpha value is -0.280. The Morgan fingerprint density at radius 1 is 1.21 bits per heavy atom. The number of amides is 1. The SMILES string of the molecule is CC1CCN(C(=O)[C@@]23CCCC[C@H]2CNC3)CC1.Cl. The zero-order valence-corrected chi connectivity index (χ0v) is 12.8. The minimum atomic E-state index is -0.0289. The summed E-state index contributed by atoms with van der Waals surface area (Å²) in [6.07, 6.45) is 7.32. The summed E-state index contributed by atoms with van der Waals surface area (Å²) < 4.78 is 0. The number of likely N-dealkylation sites (tertiary alicyclic amines) is 1. The summed E-state index contributed by atoms with van der Waals surface area (Å²) >= 11 is 0. The van der Waals surface area contributed by atoms with Crippen molar-refractivity contribution in [2.45, 2.75) is 45.4 Å². The molecule has 2 saturated heterocycles. The Labute approximate surface area is 122 Å². The molecule has 110 valence electrons. The van der Waals surface area contributed by atoms with Crippen molar-refractivity contribution in [3.05, 3.63) is 0 Å². The van der Waals surface area contributed by atoms with Crippen LogP contribution in [0.1, 0.15) is 45.4 Å². The first-order valence-corrected chi connectivity index (χ1v) is 7.72. The molecule has 0 aromatic rings. The van der Waals surface area contributed by atoms with Gasteiger partial charge in [-0.05, 0) is 44.1 Å². The van der Waals surface area contributed by atoms with Crippen LogP contribution in [0.25, 0.3) is 0 Å². The number of rotatable bonds is 1. The van der Waals surface area contributed by atoms with Gasteiger partial charge in [0.05, 0.1) is 5.41 Å². The topological polar surface area (TPSA) is 32.3 Å². The van der Waals surface area contributed by atoms with Crippen LogP contribution in [0.4, 0.5) is 0 Å². The zero-order valence-electron chi connectivity index (χ0n) is 12.0. The Bertz CT molecular complexity index is 328. The summed E-state index contributed by atoms with van der Waals surface area (Å²) in [6.45, 7) is 6.29. The Kier molecular flexibility index (Phi) is 4.78. The van der Waals surface area contributed by atoms with E-state index < -0.39 is 0 Å². The molecular formula is C15H27ClN2O. The third-order valence-electron chi connectivity index (χ3n) is 5.53. The van der Waals surface area contributed by atoms with Crippen LogP contribution in [0, 0.1) is 17.3 Å². The van der Waals surface area contributed by atoms with Crippen LogP contribution in [0.3, 0.4) is 0 Å². The first-order chi connectivity index (χ1) is 8.72. The molecule has 1 saturated carbocycles. The molecule has 0 spiro atoms. The summed E-state index contributed by atoms with van der Waals surface area (Å²) in [6, 6.07) is 0. The molecule has 19 heavy (non-hydrogen) atoms. The Morgan fingerprint density at radius 2 is 1.95 bits per heavy atom. The maximum Gasteiger partial charge on any atom is 0.230 e. The lowest BCUT2D eigenvalue weighted by molar-refractivity contribution is -0.146. The van der Waals surface area contributed by atoms with Gasteiger partial charge in [-0.1, -0.05) is 19.8 Å². The van der Waals surface area contributed by atoms with E-state index in [1.54, 1.807) is 0 Å². The third-order valence-corrected chi connectivity index (χ3v) is 5.53. The first kappa shape index (κ1) is 15.1. The largest absolute Gasteiger partial charge is 0.342 e. The zero-order chi connectivity index (χ0) is 12.6. The second kappa shape index (κ2) is 6.01. The number of halogens is 1. The van der Waals surface area contributed by atoms with E-state index in [1.807, 2.05) is 0 Å². The van der Waals surface area contributed by atoms with Crippen molar-refractivity contribution in [1.29, 1.82) is 0 Å². The molecule has 0 bridgehead atoms. The number of carbonyl (C=O) groups is 1. The fourth-order valence-electron chi connectivity index (χ4n) is 4.19. The van der Waals surface area contributed by atoms with Gasteiger partial charge in [-0.25, -0.2) is 0 Å². The van der Waals surface area contributed by atoms with Crippen LogP contribution in [-0.4, -0.2) is 37.0 Å². The summed E-state index contributed by atoms with van der Waals surface area (Å²) in [5, 5.41) is 3.49. The molecule has 2 atom stereocenters. The fraction of sp³-hybridized carbons (Fsp3) is 0.933. The van der Waals surface area contributed by atoms with Crippen molar-refractivity contribution < 1.29 is 4.79 Å². The van der Waals surface area contributed by atoms with Crippen molar-refractivity contribution in [2.75, 3.05) is 26.2 Å². The monoisotopic (exact) mass is 286 g/mol. The average Bonchev–Trinajstić information content (AvgIpc) is 2.83. The number of piperidine rings is 1. The molecule has 0 aromatic heterocycles. The van der Waals surface area contributed by atoms with Gasteiger partial charge >= 0.3 is 0 Å². The van der Waals surface area contributed by atoms with Gasteiger partial charge in [0, 0.05) is 19.6 Å². The number of carbonyl (C=O) groups excluding carboxylic acids is 1. The van der Waals surface area contributed by atoms with Gasteiger partial charge in [-0.3, -0.25) is 4.79 Å². The van der Waals surface area contributed by atoms with E-state index in [1.165, 1.54) is 32.1 Å². The van der Waals surface area contributed by atoms with Crippen molar-refractivity contribution in [2.24, 2.45) is 17.3 Å². The number of hydrogen-bond acceptors (Lipinski definition) is 2. The molecule has 3 fully saturated rings. The van der Waals surface area contributed by atoms with Crippen LogP contribution >= 0.6 is 12.4 Å². The lowest BCUT2D eigenvalue weighted by Crippen LogP contribution is -2.51. The quantitative estimate of drug-likeness (QED) is 0.803. The van der Waals surface area contributed by atoms with Gasteiger partial charge in [0.25, 0.3) is 0 Å². The summed E-state index contributed by atoms with van der Waals surface area (Å²) in [4.78, 5) is 15.1. The highest BCUT2D eigenvalue weighted by Crippen LogP contribution is 2.45. The van der Waals surface area contributed by atoms with Gasteiger partial charge in [0.2, 0.25) is 5.91 Å². The third kappa shape index (κ3) is 2.64. The molecule has 3 aliphatic rings. The van der Waals surface area contributed by atoms with Crippen LogP contribution in [0.15, 0.2) is 0 Å². The summed E-state index contributed by atoms with van der Waals surface area (Å²) in [5.74, 6) is 1.89. The van der Waals surface area contributed by atoms with Crippen LogP contribution in [0.5, 0.6) is 0 Å². The minimum Gasteiger partial charge on any atom is -0.342 e. The van der Waals surface area contributed by atoms with E-state index in [9.17, 15) is 4.79 Å². The van der Waals surface area contributed by atoms with Gasteiger partial charge in [0.1, 0.15) is 0 Å². The molecule has 1 amide bonds. The molecule has 4 heteroatoms. The van der Waals surface area contributed by atoms with E-state index in [0.717, 1.165) is 38.5 Å². The van der Waals surface area contributed by atoms with E-state index in [0.29, 0.717) is 11.8 Å². The predicted octanol–water partition coefficient (Wildman–Crippen LogP) is 2.45. The van der Waals surface area contributed by atoms with Gasteiger partial charge in [0.15, 0.2) is 0 Å². The second-order valence-corrected chi connectivity index (χ2v) is 6.70. The lowest BCUT2D eigenvalue weighted by atomic mass is 9.67. The predicted molar refractivity (Wildman–Crippen MR) is 79.5 cm³/mol. The number of hydrogen-bond donors (Lipinski definition) is 1. The van der Waals surface area contributed by atoms with Crippen LogP contribution in [0.2, 0.25) is 0 Å². The number of nitrogens with zero attached hydrogens (tertiary/aromatic N) is 1. The van der Waals surface area contributed by atoms with Crippen LogP contribution < -0.4 is 5.32 Å². The summed E-state index contributed by atoms with van der Waals surface area (Å²) in [5.41, 5.74) is -0.0289. The molecular weight excluding hydrogens is 260 g/mol. The van der Waals surface area contributed by atoms with Crippen molar-refractivity contribution in [3.63, 3.8) is 0 Å². The molecule has 0 aromatic carbocycles. The standard InChI is InChI=1S/C15H26N2O.ClH/c1-12-5-8-17(9-6-12)14(18)15-7-3-2-4-13(15)10-16-11-15;/h12-13,16H,2-11H2,1H3;1H/t13-,15+;/m0./s1. The Balaban J connectivity index is 0.00000133. The van der Waals surface area contributed by atoms with Crippen molar-refractivity contribution in [3.8, 4) is 0 Å². The Morgan fingerprint density at radius 3 is 2.68 bits per heavy atom. The summed E-state index contributed by atoms with van der Waals surface area (Å²) in [7, 11) is 0. The molecule has 3 nitrogen and oxygen atoms in total. The number of fused-ring (bicyclic) bond motifs is 1. The van der Waals surface area contributed by atoms with Gasteiger partial charge < -0.3 is 10.2 Å². The molecule has 1 N–H and O–H groups in total. The normalized spacial score (nSPS) is 35.6. The molecule has 2 heterocycles. The minimum absolute atomic E-state index is 0. The maximum absolute atomic E-state index is 12.9. The maximum atomic E-state index is 12.9. The van der Waals surface area contributed by atoms with Gasteiger partial charge in [-0.2, -0.15) is 0 Å². The van der Waals surface area contributed by atoms with Crippen LogP contribution in [-0.2, 0) is 4.79 Å². The van der Waals surface area contributed by atoms with Crippen molar-refractivity contribution >= 4 is 18.3 Å². The molecule has 0 unspecified atom stereocenters. The van der Waals surface area contributed by atoms with E-state index >= 15 is 0 Å². The molecule has 0 radical (unpaired) electrons. The number of nitrogens with one attached hydrogen (secondary N) is 1. The first-order valence-electron chi connectivity index (χ1n) is 7.72. The second-order valence-electron chi connectivity index (χ2n) is 6.70. The van der Waals surface area contributed by atoms with E-state index in [2.05, 4.69) is 17.1 Å². The molecule has 1 aliphatic carbocycles. The highest BCUT2D eigenvalue weighted by Gasteiger charge is 2.51.